The van der Waals surface area contributed by atoms with Crippen molar-refractivity contribution in [2.45, 2.75) is 51.5 Å². The molecule has 2 aromatic heterocycles. The first-order valence-electron chi connectivity index (χ1n) is 11.0. The summed E-state index contributed by atoms with van der Waals surface area (Å²) < 4.78 is 35.6. The molecule has 0 saturated carbocycles. The third kappa shape index (κ3) is 4.97. The van der Waals surface area contributed by atoms with Gasteiger partial charge in [0.15, 0.2) is 11.3 Å². The standard InChI is InChI=1S/C22H30N6O5S/c1-7-9-18-23-13(3)19-21(29)24-20(25-28(18)19)16-12-15(10-11-17(16)33-8-2)34(31,32)26-14(4)22(30)27(5)6/h10-12,14,26H,7-9H2,1-6H3,(H,24,25,29)/t14-/m0/s1. The van der Waals surface area contributed by atoms with Crippen LogP contribution in [0.25, 0.3) is 16.9 Å². The van der Waals surface area contributed by atoms with E-state index in [-0.39, 0.29) is 16.6 Å². The monoisotopic (exact) mass is 490 g/mol. The highest BCUT2D eigenvalue weighted by molar-refractivity contribution is 7.89. The van der Waals surface area contributed by atoms with Gasteiger partial charge >= 0.3 is 0 Å². The highest BCUT2D eigenvalue weighted by atomic mass is 32.2. The van der Waals surface area contributed by atoms with Crippen LogP contribution >= 0.6 is 0 Å². The van der Waals surface area contributed by atoms with Crippen molar-refractivity contribution in [1.29, 1.82) is 0 Å². The maximum atomic E-state index is 13.0. The van der Waals surface area contributed by atoms with Gasteiger partial charge in [0.1, 0.15) is 11.6 Å². The molecule has 0 aliphatic carbocycles. The fourth-order valence-electron chi connectivity index (χ4n) is 3.62. The van der Waals surface area contributed by atoms with E-state index in [1.807, 2.05) is 6.92 Å². The molecule has 0 aliphatic rings. The van der Waals surface area contributed by atoms with Crippen LogP contribution in [-0.4, -0.2) is 65.6 Å². The van der Waals surface area contributed by atoms with E-state index in [1.165, 1.54) is 34.5 Å². The fourth-order valence-corrected chi connectivity index (χ4v) is 4.85. The summed E-state index contributed by atoms with van der Waals surface area (Å²) in [4.78, 5) is 33.4. The molecule has 0 aliphatic heterocycles. The van der Waals surface area contributed by atoms with Crippen molar-refractivity contribution in [2.75, 3.05) is 20.7 Å². The van der Waals surface area contributed by atoms with Crippen LogP contribution in [0.1, 0.15) is 38.7 Å². The number of imidazole rings is 1. The number of sulfonamides is 1. The number of aryl methyl sites for hydroxylation is 2. The highest BCUT2D eigenvalue weighted by Crippen LogP contribution is 2.30. The van der Waals surface area contributed by atoms with Gasteiger partial charge in [-0.1, -0.05) is 6.92 Å². The molecule has 1 amide bonds. The van der Waals surface area contributed by atoms with E-state index in [9.17, 15) is 18.0 Å². The van der Waals surface area contributed by atoms with Crippen molar-refractivity contribution in [3.05, 3.63) is 40.1 Å². The number of aromatic nitrogens is 4. The number of benzene rings is 1. The maximum absolute atomic E-state index is 13.0. The smallest absolute Gasteiger partial charge is 0.277 e. The van der Waals surface area contributed by atoms with Crippen molar-refractivity contribution in [3.63, 3.8) is 0 Å². The third-order valence-electron chi connectivity index (χ3n) is 5.18. The summed E-state index contributed by atoms with van der Waals surface area (Å²) in [6, 6.07) is 3.29. The Morgan fingerprint density at radius 1 is 1.29 bits per heavy atom. The molecular formula is C22H30N6O5S. The van der Waals surface area contributed by atoms with Crippen LogP contribution in [0.4, 0.5) is 0 Å². The minimum Gasteiger partial charge on any atom is -0.493 e. The molecule has 0 bridgehead atoms. The summed E-state index contributed by atoms with van der Waals surface area (Å²) in [7, 11) is -0.964. The van der Waals surface area contributed by atoms with Crippen LogP contribution in [0, 0.1) is 6.92 Å². The second-order valence-corrected chi connectivity index (χ2v) is 9.81. The molecule has 0 radical (unpaired) electrons. The van der Waals surface area contributed by atoms with Crippen molar-refractivity contribution in [2.24, 2.45) is 0 Å². The lowest BCUT2D eigenvalue weighted by Gasteiger charge is -2.18. The number of H-pyrrole nitrogens is 1. The molecule has 12 heteroatoms. The van der Waals surface area contributed by atoms with Gasteiger partial charge in [0, 0.05) is 20.5 Å². The first-order chi connectivity index (χ1) is 16.0. The Morgan fingerprint density at radius 3 is 2.62 bits per heavy atom. The van der Waals surface area contributed by atoms with Gasteiger partial charge in [-0.3, -0.25) is 9.59 Å². The van der Waals surface area contributed by atoms with Gasteiger partial charge in [0.25, 0.3) is 5.56 Å². The molecule has 0 unspecified atom stereocenters. The van der Waals surface area contributed by atoms with Crippen molar-refractivity contribution >= 4 is 21.4 Å². The van der Waals surface area contributed by atoms with E-state index < -0.39 is 21.6 Å². The number of nitrogens with one attached hydrogen (secondary N) is 2. The van der Waals surface area contributed by atoms with E-state index in [4.69, 9.17) is 4.74 Å². The lowest BCUT2D eigenvalue weighted by atomic mass is 10.2. The van der Waals surface area contributed by atoms with Crippen LogP contribution in [0.3, 0.4) is 0 Å². The second-order valence-electron chi connectivity index (χ2n) is 8.09. The van der Waals surface area contributed by atoms with E-state index >= 15 is 0 Å². The maximum Gasteiger partial charge on any atom is 0.277 e. The number of nitrogens with zero attached hydrogens (tertiary/aromatic N) is 4. The number of amides is 1. The van der Waals surface area contributed by atoms with Crippen molar-refractivity contribution in [1.82, 2.24) is 29.2 Å². The quantitative estimate of drug-likeness (QED) is 0.463. The number of rotatable bonds is 9. The summed E-state index contributed by atoms with van der Waals surface area (Å²) in [6.45, 7) is 7.33. The minimum absolute atomic E-state index is 0.0947. The normalized spacial score (nSPS) is 12.6. The van der Waals surface area contributed by atoms with Gasteiger partial charge in [-0.2, -0.15) is 4.72 Å². The summed E-state index contributed by atoms with van der Waals surface area (Å²) >= 11 is 0. The van der Waals surface area contributed by atoms with Crippen molar-refractivity contribution in [3.8, 4) is 17.1 Å². The van der Waals surface area contributed by atoms with Crippen LogP contribution in [0.2, 0.25) is 0 Å². The van der Waals surface area contributed by atoms with E-state index in [0.717, 1.165) is 6.42 Å². The predicted octanol–water partition coefficient (Wildman–Crippen LogP) is 1.50. The summed E-state index contributed by atoms with van der Waals surface area (Å²) in [5, 5.41) is 4.57. The Hall–Kier alpha value is -3.25. The fraction of sp³-hybridized carbons (Fsp3) is 0.455. The number of aromatic amines is 1. The van der Waals surface area contributed by atoms with Gasteiger partial charge in [0.05, 0.1) is 28.8 Å². The molecule has 2 heterocycles. The SMILES string of the molecule is CCCc1nc(C)c2c(=O)[nH]c(-c3cc(S(=O)(=O)N[C@@H](C)C(=O)N(C)C)ccc3OCC)nn12. The largest absolute Gasteiger partial charge is 0.493 e. The average molecular weight is 491 g/mol. The molecule has 3 aromatic rings. The summed E-state index contributed by atoms with van der Waals surface area (Å²) in [5.74, 6) is 0.757. The van der Waals surface area contributed by atoms with Crippen LogP contribution in [0.5, 0.6) is 5.75 Å². The molecule has 0 spiro atoms. The van der Waals surface area contributed by atoms with Crippen LogP contribution < -0.4 is 15.0 Å². The number of likely N-dealkylation sites (N-methyl/N-ethyl adjacent to an activating group) is 1. The Labute approximate surface area is 198 Å². The Morgan fingerprint density at radius 2 is 2.00 bits per heavy atom. The second kappa shape index (κ2) is 9.94. The number of hydrogen-bond donors (Lipinski definition) is 2. The third-order valence-corrected chi connectivity index (χ3v) is 6.71. The van der Waals surface area contributed by atoms with E-state index in [0.29, 0.717) is 41.4 Å². The zero-order valence-electron chi connectivity index (χ0n) is 20.2. The Kier molecular flexibility index (Phi) is 7.41. The highest BCUT2D eigenvalue weighted by Gasteiger charge is 2.25. The van der Waals surface area contributed by atoms with Gasteiger partial charge in [-0.25, -0.2) is 17.9 Å². The Balaban J connectivity index is 2.15. The first-order valence-corrected chi connectivity index (χ1v) is 12.5. The van der Waals surface area contributed by atoms with Gasteiger partial charge in [0.2, 0.25) is 15.9 Å². The molecule has 34 heavy (non-hydrogen) atoms. The molecule has 11 nitrogen and oxygen atoms in total. The zero-order chi connectivity index (χ0) is 25.2. The average Bonchev–Trinajstić information content (AvgIpc) is 3.09. The summed E-state index contributed by atoms with van der Waals surface area (Å²) in [5.41, 5.74) is 0.806. The van der Waals surface area contributed by atoms with E-state index in [2.05, 4.69) is 19.8 Å². The Bertz CT molecular complexity index is 1380. The number of carbonyl (C=O) groups excluding carboxylic acids is 1. The first kappa shape index (κ1) is 25.4. The molecule has 184 valence electrons. The number of ether oxygens (including phenoxy) is 1. The van der Waals surface area contributed by atoms with Gasteiger partial charge in [-0.15, -0.1) is 5.10 Å². The van der Waals surface area contributed by atoms with Crippen LogP contribution in [0.15, 0.2) is 27.9 Å². The van der Waals surface area contributed by atoms with Gasteiger partial charge in [-0.05, 0) is 45.4 Å². The number of fused-ring (bicyclic) bond motifs is 1. The van der Waals surface area contributed by atoms with E-state index in [1.54, 1.807) is 27.9 Å². The molecule has 1 aromatic carbocycles. The minimum atomic E-state index is -4.06. The summed E-state index contributed by atoms with van der Waals surface area (Å²) in [6.07, 6.45) is 1.44. The predicted molar refractivity (Wildman–Crippen MR) is 127 cm³/mol. The molecule has 0 saturated heterocycles. The molecule has 3 rings (SSSR count). The number of carbonyl (C=O) groups is 1. The lowest BCUT2D eigenvalue weighted by molar-refractivity contribution is -0.130. The molecule has 1 atom stereocenters. The molecular weight excluding hydrogens is 460 g/mol. The number of hydrogen-bond acceptors (Lipinski definition) is 7. The molecule has 2 N–H and O–H groups in total. The zero-order valence-corrected chi connectivity index (χ0v) is 21.0. The van der Waals surface area contributed by atoms with Crippen LogP contribution in [-0.2, 0) is 21.2 Å². The van der Waals surface area contributed by atoms with Gasteiger partial charge < -0.3 is 14.6 Å². The van der Waals surface area contributed by atoms with Crippen molar-refractivity contribution < 1.29 is 17.9 Å². The molecule has 0 fully saturated rings. The topological polar surface area (TPSA) is 139 Å². The lowest BCUT2D eigenvalue weighted by Crippen LogP contribution is -2.44.